The molecule has 0 unspecified atom stereocenters. The summed E-state index contributed by atoms with van der Waals surface area (Å²) in [6.45, 7) is 2.22. The van der Waals surface area contributed by atoms with E-state index in [1.54, 1.807) is 29.6 Å². The molecule has 10 nitrogen and oxygen atoms in total. The number of amides is 1. The first kappa shape index (κ1) is 23.5. The largest absolute Gasteiger partial charge is 0.467 e. The molecule has 1 amide bonds. The van der Waals surface area contributed by atoms with Gasteiger partial charge in [0.15, 0.2) is 0 Å². The number of carbonyl (C=O) groups is 1. The van der Waals surface area contributed by atoms with Crippen LogP contribution in [0, 0.1) is 6.92 Å². The van der Waals surface area contributed by atoms with Crippen LogP contribution in [0.25, 0.3) is 15.9 Å². The predicted molar refractivity (Wildman–Crippen MR) is 135 cm³/mol. The zero-order chi connectivity index (χ0) is 25.2. The molecule has 5 rings (SSSR count). The van der Waals surface area contributed by atoms with Crippen molar-refractivity contribution < 1.29 is 9.21 Å². The number of pyridine rings is 1. The molecule has 0 aromatic carbocycles. The van der Waals surface area contributed by atoms with Gasteiger partial charge in [-0.05, 0) is 49.1 Å². The fourth-order valence-corrected chi connectivity index (χ4v) is 5.02. The number of aromatic nitrogens is 4. The Morgan fingerprint density at radius 1 is 1.11 bits per heavy atom. The van der Waals surface area contributed by atoms with Crippen molar-refractivity contribution in [3.63, 3.8) is 0 Å². The summed E-state index contributed by atoms with van der Waals surface area (Å²) in [4.78, 5) is 55.8. The number of nitrogens with one attached hydrogen (secondary N) is 1. The number of furan rings is 1. The monoisotopic (exact) mass is 505 g/mol. The Labute approximate surface area is 208 Å². The van der Waals surface area contributed by atoms with Crippen molar-refractivity contribution in [2.24, 2.45) is 0 Å². The van der Waals surface area contributed by atoms with Gasteiger partial charge in [0.1, 0.15) is 16.1 Å². The van der Waals surface area contributed by atoms with E-state index in [0.717, 1.165) is 10.3 Å². The van der Waals surface area contributed by atoms with Crippen molar-refractivity contribution in [1.82, 2.24) is 23.8 Å². The number of carbonyl (C=O) groups excluding carboxylic acids is 1. The highest BCUT2D eigenvalue weighted by Crippen LogP contribution is 2.16. The second kappa shape index (κ2) is 9.78. The SMILES string of the molecule is Cc1cccc2nc(Cn3c(=O)n(CCCC(=O)NCc4ccco4)c(=O)c4sccc43)cc(=O)n12. The van der Waals surface area contributed by atoms with Crippen LogP contribution in [0.4, 0.5) is 0 Å². The van der Waals surface area contributed by atoms with Gasteiger partial charge in [-0.25, -0.2) is 9.78 Å². The lowest BCUT2D eigenvalue weighted by atomic mass is 10.3. The van der Waals surface area contributed by atoms with E-state index in [1.165, 1.54) is 32.6 Å². The van der Waals surface area contributed by atoms with Crippen LogP contribution in [0.5, 0.6) is 0 Å². The lowest BCUT2D eigenvalue weighted by molar-refractivity contribution is -0.121. The molecule has 0 bridgehead atoms. The highest BCUT2D eigenvalue weighted by molar-refractivity contribution is 7.17. The molecule has 0 aliphatic carbocycles. The fourth-order valence-electron chi connectivity index (χ4n) is 4.17. The van der Waals surface area contributed by atoms with Crippen LogP contribution in [0.1, 0.15) is 30.0 Å². The fraction of sp³-hybridized carbons (Fsp3) is 0.240. The van der Waals surface area contributed by atoms with Crippen molar-refractivity contribution in [2.45, 2.75) is 39.4 Å². The molecule has 0 fully saturated rings. The number of aryl methyl sites for hydroxylation is 1. The zero-order valence-corrected chi connectivity index (χ0v) is 20.3. The highest BCUT2D eigenvalue weighted by Gasteiger charge is 2.16. The summed E-state index contributed by atoms with van der Waals surface area (Å²) in [7, 11) is 0. The van der Waals surface area contributed by atoms with Gasteiger partial charge in [0.25, 0.3) is 11.1 Å². The van der Waals surface area contributed by atoms with E-state index in [-0.39, 0.29) is 43.1 Å². The minimum absolute atomic E-state index is 0.0374. The Morgan fingerprint density at radius 2 is 1.97 bits per heavy atom. The van der Waals surface area contributed by atoms with Crippen molar-refractivity contribution in [3.05, 3.63) is 102 Å². The van der Waals surface area contributed by atoms with E-state index < -0.39 is 5.69 Å². The third kappa shape index (κ3) is 4.52. The average molecular weight is 506 g/mol. The molecule has 0 aliphatic heterocycles. The molecule has 0 atom stereocenters. The maximum atomic E-state index is 13.4. The lowest BCUT2D eigenvalue weighted by Gasteiger charge is -2.13. The van der Waals surface area contributed by atoms with E-state index in [1.807, 2.05) is 19.1 Å². The van der Waals surface area contributed by atoms with Crippen LogP contribution in [-0.2, 0) is 24.4 Å². The summed E-state index contributed by atoms with van der Waals surface area (Å²) in [5, 5.41) is 4.50. The number of hydrogen-bond acceptors (Lipinski definition) is 7. The van der Waals surface area contributed by atoms with Gasteiger partial charge in [-0.15, -0.1) is 11.3 Å². The van der Waals surface area contributed by atoms with Gasteiger partial charge < -0.3 is 9.73 Å². The van der Waals surface area contributed by atoms with Gasteiger partial charge in [-0.1, -0.05) is 6.07 Å². The van der Waals surface area contributed by atoms with Gasteiger partial charge in [0, 0.05) is 24.7 Å². The third-order valence-corrected chi connectivity index (χ3v) is 6.81. The van der Waals surface area contributed by atoms with Gasteiger partial charge >= 0.3 is 5.69 Å². The summed E-state index contributed by atoms with van der Waals surface area (Å²) in [6.07, 6.45) is 1.99. The Hall–Kier alpha value is -4.25. The van der Waals surface area contributed by atoms with E-state index in [2.05, 4.69) is 10.3 Å². The topological polar surface area (TPSA) is 121 Å². The predicted octanol–water partition coefficient (Wildman–Crippen LogP) is 2.28. The third-order valence-electron chi connectivity index (χ3n) is 5.92. The van der Waals surface area contributed by atoms with Crippen LogP contribution in [-0.4, -0.2) is 24.4 Å². The van der Waals surface area contributed by atoms with Crippen molar-refractivity contribution in [2.75, 3.05) is 0 Å². The van der Waals surface area contributed by atoms with Gasteiger partial charge in [-0.3, -0.25) is 27.9 Å². The van der Waals surface area contributed by atoms with Crippen molar-refractivity contribution >= 4 is 33.1 Å². The van der Waals surface area contributed by atoms with Crippen LogP contribution in [0.15, 0.2) is 72.9 Å². The van der Waals surface area contributed by atoms with Crippen LogP contribution in [0.2, 0.25) is 0 Å². The Balaban J connectivity index is 1.40. The molecule has 0 spiro atoms. The van der Waals surface area contributed by atoms with E-state index in [9.17, 15) is 19.2 Å². The maximum absolute atomic E-state index is 13.4. The number of fused-ring (bicyclic) bond motifs is 2. The van der Waals surface area contributed by atoms with Crippen LogP contribution >= 0.6 is 11.3 Å². The summed E-state index contributed by atoms with van der Waals surface area (Å²) in [6, 6.07) is 12.0. The van der Waals surface area contributed by atoms with E-state index >= 15 is 0 Å². The van der Waals surface area contributed by atoms with Gasteiger partial charge in [0.05, 0.1) is 30.6 Å². The van der Waals surface area contributed by atoms with E-state index in [4.69, 9.17) is 4.42 Å². The Bertz CT molecular complexity index is 1740. The number of nitrogens with zero attached hydrogens (tertiary/aromatic N) is 4. The molecule has 0 aliphatic rings. The normalized spacial score (nSPS) is 11.4. The van der Waals surface area contributed by atoms with Gasteiger partial charge in [0.2, 0.25) is 5.91 Å². The minimum Gasteiger partial charge on any atom is -0.467 e. The molecule has 184 valence electrons. The first-order chi connectivity index (χ1) is 17.4. The Kier molecular flexibility index (Phi) is 6.38. The molecule has 0 radical (unpaired) electrons. The molecular weight excluding hydrogens is 482 g/mol. The highest BCUT2D eigenvalue weighted by atomic mass is 32.1. The smallest absolute Gasteiger partial charge is 0.331 e. The zero-order valence-electron chi connectivity index (χ0n) is 19.5. The number of hydrogen-bond donors (Lipinski definition) is 1. The molecule has 5 aromatic heterocycles. The van der Waals surface area contributed by atoms with Crippen molar-refractivity contribution in [1.29, 1.82) is 0 Å². The maximum Gasteiger partial charge on any atom is 0.331 e. The average Bonchev–Trinajstić information content (AvgIpc) is 3.55. The van der Waals surface area contributed by atoms with E-state index in [0.29, 0.717) is 33.7 Å². The second-order valence-electron chi connectivity index (χ2n) is 8.37. The quantitative estimate of drug-likeness (QED) is 0.345. The molecule has 11 heteroatoms. The number of rotatable bonds is 8. The molecule has 5 heterocycles. The molecule has 0 saturated heterocycles. The van der Waals surface area contributed by atoms with Crippen LogP contribution < -0.4 is 22.1 Å². The first-order valence-electron chi connectivity index (χ1n) is 11.4. The standard InChI is InChI=1S/C25H23N5O5S/c1-16-5-2-7-20-27-17(13-22(32)30(16)20)15-29-19-9-12-36-23(19)24(33)28(25(29)34)10-3-8-21(31)26-14-18-6-4-11-35-18/h2,4-7,9,11-13H,3,8,10,14-15H2,1H3,(H,26,31). The number of thiophene rings is 1. The summed E-state index contributed by atoms with van der Waals surface area (Å²) in [5.41, 5.74) is 1.03. The molecular formula is C25H23N5O5S. The molecule has 1 N–H and O–H groups in total. The second-order valence-corrected chi connectivity index (χ2v) is 9.28. The minimum atomic E-state index is -0.506. The summed E-state index contributed by atoms with van der Waals surface area (Å²) >= 11 is 1.25. The molecule has 5 aromatic rings. The molecule has 36 heavy (non-hydrogen) atoms. The summed E-state index contributed by atoms with van der Waals surface area (Å²) in [5.74, 6) is 0.441. The van der Waals surface area contributed by atoms with Crippen LogP contribution in [0.3, 0.4) is 0 Å². The first-order valence-corrected chi connectivity index (χ1v) is 12.3. The lowest BCUT2D eigenvalue weighted by Crippen LogP contribution is -2.40. The molecule has 0 saturated carbocycles. The van der Waals surface area contributed by atoms with Gasteiger partial charge in [-0.2, -0.15) is 0 Å². The summed E-state index contributed by atoms with van der Waals surface area (Å²) < 4.78 is 9.74. The Morgan fingerprint density at radius 3 is 2.78 bits per heavy atom. The van der Waals surface area contributed by atoms with Crippen molar-refractivity contribution in [3.8, 4) is 0 Å².